The van der Waals surface area contributed by atoms with Crippen molar-refractivity contribution < 1.29 is 15.1 Å². The maximum absolute atomic E-state index is 10.2. The molecule has 0 aromatic heterocycles. The van der Waals surface area contributed by atoms with E-state index in [1.54, 1.807) is 12.7 Å². The first-order chi connectivity index (χ1) is 15.8. The molecule has 0 spiro atoms. The third-order valence-electron chi connectivity index (χ3n) is 8.38. The first kappa shape index (κ1) is 24.2. The third-order valence-corrected chi connectivity index (χ3v) is 8.38. The molecular formula is C29H41NO3. The van der Waals surface area contributed by atoms with Crippen LogP contribution in [0.4, 0.5) is 0 Å². The van der Waals surface area contributed by atoms with Gasteiger partial charge in [0.15, 0.2) is 0 Å². The molecule has 4 rings (SSSR count). The topological polar surface area (TPSA) is 62.0 Å². The van der Waals surface area contributed by atoms with Crippen LogP contribution in [0.25, 0.3) is 0 Å². The van der Waals surface area contributed by atoms with Crippen molar-refractivity contribution in [2.24, 2.45) is 28.3 Å². The molecule has 4 aliphatic carbocycles. The minimum absolute atomic E-state index is 0.221. The summed E-state index contributed by atoms with van der Waals surface area (Å²) >= 11 is 0. The molecule has 0 saturated heterocycles. The number of allylic oxidation sites excluding steroid dienone is 7. The molecule has 0 aromatic carbocycles. The van der Waals surface area contributed by atoms with E-state index in [1.807, 2.05) is 0 Å². The summed E-state index contributed by atoms with van der Waals surface area (Å²) in [6.45, 7) is 8.89. The maximum Gasteiger partial charge on any atom is 0.106 e. The summed E-state index contributed by atoms with van der Waals surface area (Å²) in [6, 6.07) is 0. The van der Waals surface area contributed by atoms with Crippen molar-refractivity contribution in [2.75, 3.05) is 7.11 Å². The van der Waals surface area contributed by atoms with Crippen LogP contribution in [0.5, 0.6) is 0 Å². The van der Waals surface area contributed by atoms with Gasteiger partial charge in [0.25, 0.3) is 0 Å². The highest BCUT2D eigenvalue weighted by atomic mass is 16.6. The molecule has 0 aromatic rings. The van der Waals surface area contributed by atoms with Gasteiger partial charge in [0.05, 0.1) is 17.9 Å². The van der Waals surface area contributed by atoms with E-state index in [1.165, 1.54) is 31.3 Å². The van der Waals surface area contributed by atoms with Gasteiger partial charge in [-0.05, 0) is 85.8 Å². The molecule has 180 valence electrons. The van der Waals surface area contributed by atoms with Crippen LogP contribution in [-0.2, 0) is 4.84 Å². The maximum atomic E-state index is 10.2. The van der Waals surface area contributed by atoms with Crippen molar-refractivity contribution in [1.29, 1.82) is 0 Å². The van der Waals surface area contributed by atoms with Crippen molar-refractivity contribution >= 4 is 5.71 Å². The Morgan fingerprint density at radius 3 is 2.85 bits per heavy atom. The lowest BCUT2D eigenvalue weighted by molar-refractivity contribution is 0.0862. The highest BCUT2D eigenvalue weighted by Gasteiger charge is 2.45. The van der Waals surface area contributed by atoms with E-state index in [4.69, 9.17) is 4.84 Å². The zero-order valence-corrected chi connectivity index (χ0v) is 20.6. The normalized spacial score (nSPS) is 36.4. The molecule has 0 unspecified atom stereocenters. The van der Waals surface area contributed by atoms with Gasteiger partial charge in [-0.25, -0.2) is 0 Å². The second-order valence-electron chi connectivity index (χ2n) is 10.8. The Balaban J connectivity index is 1.44. The summed E-state index contributed by atoms with van der Waals surface area (Å²) in [5.41, 5.74) is 6.19. The van der Waals surface area contributed by atoms with Gasteiger partial charge in [-0.2, -0.15) is 0 Å². The van der Waals surface area contributed by atoms with Crippen LogP contribution in [0.2, 0.25) is 0 Å². The van der Waals surface area contributed by atoms with Crippen LogP contribution >= 0.6 is 0 Å². The molecule has 4 aliphatic rings. The zero-order valence-electron chi connectivity index (χ0n) is 20.6. The van der Waals surface area contributed by atoms with E-state index in [2.05, 4.69) is 56.0 Å². The number of fused-ring (bicyclic) bond motifs is 1. The number of aliphatic hydroxyl groups is 2. The number of oxime groups is 1. The van der Waals surface area contributed by atoms with Crippen molar-refractivity contribution in [2.45, 2.75) is 83.8 Å². The highest BCUT2D eigenvalue weighted by Crippen LogP contribution is 2.57. The Morgan fingerprint density at radius 2 is 2.12 bits per heavy atom. The smallest absolute Gasteiger partial charge is 0.106 e. The van der Waals surface area contributed by atoms with E-state index < -0.39 is 12.2 Å². The fourth-order valence-electron chi connectivity index (χ4n) is 6.33. The molecule has 3 fully saturated rings. The molecule has 0 aliphatic heterocycles. The fraction of sp³-hybridized carbons (Fsp3) is 0.621. The van der Waals surface area contributed by atoms with Gasteiger partial charge in [-0.15, -0.1) is 0 Å². The Labute approximate surface area is 199 Å². The van der Waals surface area contributed by atoms with Crippen molar-refractivity contribution in [3.63, 3.8) is 0 Å². The van der Waals surface area contributed by atoms with Crippen LogP contribution in [0.1, 0.15) is 71.6 Å². The number of hydrogen-bond acceptors (Lipinski definition) is 4. The van der Waals surface area contributed by atoms with E-state index in [0.717, 1.165) is 36.1 Å². The summed E-state index contributed by atoms with van der Waals surface area (Å²) in [4.78, 5) is 5.03. The molecule has 3 saturated carbocycles. The average Bonchev–Trinajstić information content (AvgIpc) is 3.55. The monoisotopic (exact) mass is 451 g/mol. The third kappa shape index (κ3) is 5.27. The lowest BCUT2D eigenvalue weighted by Crippen LogP contribution is -2.32. The summed E-state index contributed by atoms with van der Waals surface area (Å²) in [5.74, 6) is 1.65. The number of aliphatic hydroxyl groups excluding tert-OH is 2. The van der Waals surface area contributed by atoms with Crippen molar-refractivity contribution in [1.82, 2.24) is 0 Å². The number of rotatable bonds is 7. The van der Waals surface area contributed by atoms with E-state index in [-0.39, 0.29) is 5.41 Å². The van der Waals surface area contributed by atoms with Gasteiger partial charge in [0, 0.05) is 12.3 Å². The summed E-state index contributed by atoms with van der Waals surface area (Å²) in [6.07, 6.45) is 19.4. The molecule has 0 amide bonds. The largest absolute Gasteiger partial charge is 0.399 e. The fourth-order valence-corrected chi connectivity index (χ4v) is 6.33. The van der Waals surface area contributed by atoms with Gasteiger partial charge in [-0.3, -0.25) is 0 Å². The molecule has 0 radical (unpaired) electrons. The molecule has 4 nitrogen and oxygen atoms in total. The first-order valence-electron chi connectivity index (χ1n) is 12.8. The molecule has 2 N–H and O–H groups in total. The SMILES string of the molecule is C=C1/C(=C\C=C2/CCC[C@]3(C)C([C@@H](C)C/C=C/C(=N\OC)C4CC4)=CC[C@@H]23)C[C@@H](O)C[C@@H]1O. The summed E-state index contributed by atoms with van der Waals surface area (Å²) < 4.78 is 0. The summed E-state index contributed by atoms with van der Waals surface area (Å²) in [5, 5.41) is 24.4. The minimum atomic E-state index is -0.627. The van der Waals surface area contributed by atoms with Gasteiger partial charge in [-0.1, -0.05) is 61.0 Å². The van der Waals surface area contributed by atoms with Gasteiger partial charge >= 0.3 is 0 Å². The zero-order chi connectivity index (χ0) is 23.6. The molecule has 5 atom stereocenters. The Bertz CT molecular complexity index is 904. The number of nitrogens with zero attached hydrogens (tertiary/aromatic N) is 1. The molecule has 0 bridgehead atoms. The molecular weight excluding hydrogens is 410 g/mol. The second-order valence-corrected chi connectivity index (χ2v) is 10.8. The van der Waals surface area contributed by atoms with Crippen LogP contribution in [0.15, 0.2) is 64.4 Å². The summed E-state index contributed by atoms with van der Waals surface area (Å²) in [7, 11) is 1.63. The lowest BCUT2D eigenvalue weighted by atomic mass is 9.62. The Morgan fingerprint density at radius 1 is 1.33 bits per heavy atom. The molecule has 0 heterocycles. The highest BCUT2D eigenvalue weighted by molar-refractivity contribution is 5.98. The van der Waals surface area contributed by atoms with E-state index >= 15 is 0 Å². The van der Waals surface area contributed by atoms with Gasteiger partial charge in [0.1, 0.15) is 7.11 Å². The lowest BCUT2D eigenvalue weighted by Gasteiger charge is -2.42. The number of hydrogen-bond donors (Lipinski definition) is 2. The van der Waals surface area contributed by atoms with Crippen molar-refractivity contribution in [3.05, 3.63) is 59.3 Å². The van der Waals surface area contributed by atoms with Crippen molar-refractivity contribution in [3.8, 4) is 0 Å². The van der Waals surface area contributed by atoms with E-state index in [0.29, 0.717) is 30.6 Å². The van der Waals surface area contributed by atoms with E-state index in [9.17, 15) is 10.2 Å². The average molecular weight is 452 g/mol. The predicted molar refractivity (Wildman–Crippen MR) is 135 cm³/mol. The van der Waals surface area contributed by atoms with Crippen LogP contribution in [-0.4, -0.2) is 35.2 Å². The molecule has 4 heteroatoms. The van der Waals surface area contributed by atoms with Gasteiger partial charge < -0.3 is 15.1 Å². The Hall–Kier alpha value is -1.91. The van der Waals surface area contributed by atoms with Crippen LogP contribution in [0.3, 0.4) is 0 Å². The molecule has 33 heavy (non-hydrogen) atoms. The second kappa shape index (κ2) is 10.1. The standard InChI is InChI=1S/C29H41NO3/c1-19(7-5-9-27(30-33-4)22-11-12-22)25-14-15-26-21(8-6-16-29(25,26)3)10-13-23-17-24(31)18-28(32)20(23)2/h5,9-10,13-14,19,22,24,26,28,31-32H,2,6-8,11-12,15-18H2,1,3-4H3/b9-5+,21-10+,23-13-,30-27+/t19-,24+,26-,28-,29+/m0/s1. The minimum Gasteiger partial charge on any atom is -0.399 e. The first-order valence-corrected chi connectivity index (χ1v) is 12.8. The quantitative estimate of drug-likeness (QED) is 0.282. The van der Waals surface area contributed by atoms with Crippen LogP contribution in [0, 0.1) is 23.2 Å². The predicted octanol–water partition coefficient (Wildman–Crippen LogP) is 6.04. The Kier molecular flexibility index (Phi) is 7.45. The van der Waals surface area contributed by atoms with Crippen LogP contribution < -0.4 is 0 Å². The van der Waals surface area contributed by atoms with Gasteiger partial charge in [0.2, 0.25) is 0 Å².